The fourth-order valence-electron chi connectivity index (χ4n) is 3.48. The van der Waals surface area contributed by atoms with Gasteiger partial charge in [0, 0.05) is 30.2 Å². The van der Waals surface area contributed by atoms with E-state index < -0.39 is 12.1 Å². The Balaban J connectivity index is 1.67. The third-order valence-electron chi connectivity index (χ3n) is 4.84. The molecule has 1 N–H and O–H groups in total. The molecule has 0 unspecified atom stereocenters. The Morgan fingerprint density at radius 3 is 2.59 bits per heavy atom. The summed E-state index contributed by atoms with van der Waals surface area (Å²) in [5, 5.41) is 10.1. The molecule has 0 bridgehead atoms. The lowest BCUT2D eigenvalue weighted by Crippen LogP contribution is -2.48. The molecule has 0 aliphatic carbocycles. The minimum absolute atomic E-state index is 0.0619. The van der Waals surface area contributed by atoms with Crippen molar-refractivity contribution in [2.24, 2.45) is 0 Å². The van der Waals surface area contributed by atoms with E-state index in [-0.39, 0.29) is 19.1 Å². The van der Waals surface area contributed by atoms with Crippen LogP contribution in [-0.2, 0) is 16.1 Å². The molecule has 6 nitrogen and oxygen atoms in total. The Bertz CT molecular complexity index is 980. The monoisotopic (exact) mass is 364 g/mol. The lowest BCUT2D eigenvalue weighted by atomic mass is 10.1. The van der Waals surface area contributed by atoms with Crippen LogP contribution in [0, 0.1) is 0 Å². The molecule has 6 heteroatoms. The maximum atomic E-state index is 13.1. The second-order valence-corrected chi connectivity index (χ2v) is 6.62. The number of hydrogen-bond acceptors (Lipinski definition) is 3. The van der Waals surface area contributed by atoms with Gasteiger partial charge >= 0.3 is 5.97 Å². The molecule has 1 aliphatic heterocycles. The van der Waals surface area contributed by atoms with E-state index in [0.29, 0.717) is 18.7 Å². The van der Waals surface area contributed by atoms with Gasteiger partial charge in [0.05, 0.1) is 18.7 Å². The number of hydrogen-bond donors (Lipinski definition) is 1. The molecule has 2 aromatic carbocycles. The molecule has 1 saturated heterocycles. The van der Waals surface area contributed by atoms with Crippen molar-refractivity contribution < 1.29 is 19.4 Å². The van der Waals surface area contributed by atoms with Gasteiger partial charge in [-0.05, 0) is 11.6 Å². The predicted octanol–water partition coefficient (Wildman–Crippen LogP) is 2.62. The lowest BCUT2D eigenvalue weighted by Gasteiger charge is -2.30. The van der Waals surface area contributed by atoms with Crippen LogP contribution >= 0.6 is 0 Å². The van der Waals surface area contributed by atoms with Gasteiger partial charge in [0.1, 0.15) is 0 Å². The number of carboxylic acid groups (broad SMARTS) is 1. The molecule has 1 aromatic heterocycles. The molecule has 1 amide bonds. The van der Waals surface area contributed by atoms with Gasteiger partial charge in [-0.15, -0.1) is 0 Å². The topological polar surface area (TPSA) is 71.8 Å². The number of carbonyl (C=O) groups excluding carboxylic acids is 1. The molecule has 138 valence electrons. The van der Waals surface area contributed by atoms with Gasteiger partial charge in [0.2, 0.25) is 0 Å². The van der Waals surface area contributed by atoms with Gasteiger partial charge in [-0.3, -0.25) is 4.79 Å². The van der Waals surface area contributed by atoms with Crippen LogP contribution in [0.2, 0.25) is 0 Å². The first kappa shape index (κ1) is 17.3. The van der Waals surface area contributed by atoms with Crippen LogP contribution in [0.3, 0.4) is 0 Å². The number of rotatable bonds is 4. The second-order valence-electron chi connectivity index (χ2n) is 6.62. The van der Waals surface area contributed by atoms with E-state index in [9.17, 15) is 14.7 Å². The van der Waals surface area contributed by atoms with Crippen LogP contribution in [0.1, 0.15) is 15.9 Å². The number of benzene rings is 2. The van der Waals surface area contributed by atoms with E-state index in [4.69, 9.17) is 4.74 Å². The number of aromatic nitrogens is 1. The number of carbonyl (C=O) groups is 2. The molecule has 27 heavy (non-hydrogen) atoms. The predicted molar refractivity (Wildman–Crippen MR) is 101 cm³/mol. The van der Waals surface area contributed by atoms with Crippen LogP contribution < -0.4 is 0 Å². The molecule has 1 aliphatic rings. The number of fused-ring (bicyclic) bond motifs is 1. The van der Waals surface area contributed by atoms with Gasteiger partial charge in [-0.1, -0.05) is 48.5 Å². The molecule has 0 saturated carbocycles. The number of aliphatic carboxylic acids is 1. The molecular weight excluding hydrogens is 344 g/mol. The summed E-state index contributed by atoms with van der Waals surface area (Å²) in [4.78, 5) is 25.9. The van der Waals surface area contributed by atoms with Gasteiger partial charge in [0.25, 0.3) is 5.91 Å². The third-order valence-corrected chi connectivity index (χ3v) is 4.84. The molecule has 0 radical (unpaired) electrons. The highest BCUT2D eigenvalue weighted by molar-refractivity contribution is 6.07. The van der Waals surface area contributed by atoms with Gasteiger partial charge in [0.15, 0.2) is 6.10 Å². The Labute approximate surface area is 156 Å². The van der Waals surface area contributed by atoms with Crippen LogP contribution in [0.4, 0.5) is 0 Å². The highest BCUT2D eigenvalue weighted by Gasteiger charge is 2.30. The zero-order valence-electron chi connectivity index (χ0n) is 14.7. The fraction of sp³-hybridized carbons (Fsp3) is 0.238. The minimum Gasteiger partial charge on any atom is -0.479 e. The van der Waals surface area contributed by atoms with Crippen LogP contribution in [-0.4, -0.2) is 52.3 Å². The Morgan fingerprint density at radius 2 is 1.81 bits per heavy atom. The standard InChI is InChI=1S/C21H20N2O4/c24-20(22-10-11-27-19(14-22)21(25)26)17-13-23(12-15-6-2-1-3-7-15)18-9-5-4-8-16(17)18/h1-9,13,19H,10-12,14H2,(H,25,26)/t19-/m1/s1. The maximum absolute atomic E-state index is 13.1. The molecule has 1 atom stereocenters. The van der Waals surface area contributed by atoms with E-state index >= 15 is 0 Å². The molecule has 4 rings (SSSR count). The summed E-state index contributed by atoms with van der Waals surface area (Å²) >= 11 is 0. The minimum atomic E-state index is -1.04. The number of morpholine rings is 1. The first-order valence-electron chi connectivity index (χ1n) is 8.89. The van der Waals surface area contributed by atoms with Crippen LogP contribution in [0.5, 0.6) is 0 Å². The molecule has 0 spiro atoms. The third kappa shape index (κ3) is 3.44. The Morgan fingerprint density at radius 1 is 1.07 bits per heavy atom. The van der Waals surface area contributed by atoms with E-state index in [1.165, 1.54) is 0 Å². The fourth-order valence-corrected chi connectivity index (χ4v) is 3.48. The molecular formula is C21H20N2O4. The number of ether oxygens (including phenoxy) is 1. The molecule has 2 heterocycles. The Kier molecular flexibility index (Phi) is 4.64. The van der Waals surface area contributed by atoms with Crippen molar-refractivity contribution in [2.45, 2.75) is 12.6 Å². The zero-order chi connectivity index (χ0) is 18.8. The zero-order valence-corrected chi connectivity index (χ0v) is 14.7. The quantitative estimate of drug-likeness (QED) is 0.772. The highest BCUT2D eigenvalue weighted by Crippen LogP contribution is 2.24. The molecule has 1 fully saturated rings. The SMILES string of the molecule is O=C(O)[C@H]1CN(C(=O)c2cn(Cc3ccccc3)c3ccccc23)CCO1. The van der Waals surface area contributed by atoms with Gasteiger partial charge in [-0.2, -0.15) is 0 Å². The number of nitrogens with zero attached hydrogens (tertiary/aromatic N) is 2. The number of para-hydroxylation sites is 1. The highest BCUT2D eigenvalue weighted by atomic mass is 16.5. The summed E-state index contributed by atoms with van der Waals surface area (Å²) in [7, 11) is 0. The van der Waals surface area contributed by atoms with E-state index in [1.807, 2.05) is 48.7 Å². The Hall–Kier alpha value is -3.12. The van der Waals surface area contributed by atoms with Crippen molar-refractivity contribution in [3.8, 4) is 0 Å². The summed E-state index contributed by atoms with van der Waals surface area (Å²) in [5.41, 5.74) is 2.72. The van der Waals surface area contributed by atoms with E-state index in [0.717, 1.165) is 16.5 Å². The van der Waals surface area contributed by atoms with Crippen LogP contribution in [0.15, 0.2) is 60.8 Å². The van der Waals surface area contributed by atoms with Crippen molar-refractivity contribution in [3.63, 3.8) is 0 Å². The average Bonchev–Trinajstić information content (AvgIpc) is 3.07. The average molecular weight is 364 g/mol. The largest absolute Gasteiger partial charge is 0.479 e. The smallest absolute Gasteiger partial charge is 0.334 e. The number of carboxylic acids is 1. The van der Waals surface area contributed by atoms with Crippen molar-refractivity contribution in [3.05, 3.63) is 71.9 Å². The second kappa shape index (κ2) is 7.25. The van der Waals surface area contributed by atoms with Crippen molar-refractivity contribution >= 4 is 22.8 Å². The van der Waals surface area contributed by atoms with E-state index in [1.54, 1.807) is 4.90 Å². The summed E-state index contributed by atoms with van der Waals surface area (Å²) in [6.45, 7) is 1.34. The number of amides is 1. The van der Waals surface area contributed by atoms with Gasteiger partial charge < -0.3 is 19.3 Å². The summed E-state index contributed by atoms with van der Waals surface area (Å²) in [6, 6.07) is 17.8. The van der Waals surface area contributed by atoms with Crippen molar-refractivity contribution in [1.29, 1.82) is 0 Å². The first-order valence-corrected chi connectivity index (χ1v) is 8.89. The summed E-state index contributed by atoms with van der Waals surface area (Å²) < 4.78 is 7.29. The van der Waals surface area contributed by atoms with Crippen molar-refractivity contribution in [2.75, 3.05) is 19.7 Å². The summed E-state index contributed by atoms with van der Waals surface area (Å²) in [6.07, 6.45) is 0.894. The van der Waals surface area contributed by atoms with Gasteiger partial charge in [-0.25, -0.2) is 4.79 Å². The lowest BCUT2D eigenvalue weighted by molar-refractivity contribution is -0.154. The van der Waals surface area contributed by atoms with Crippen LogP contribution in [0.25, 0.3) is 10.9 Å². The summed E-state index contributed by atoms with van der Waals surface area (Å²) in [5.74, 6) is -1.20. The molecule has 3 aromatic rings. The normalized spacial score (nSPS) is 17.2. The first-order chi connectivity index (χ1) is 13.1. The maximum Gasteiger partial charge on any atom is 0.334 e. The van der Waals surface area contributed by atoms with E-state index in [2.05, 4.69) is 16.7 Å². The van der Waals surface area contributed by atoms with Crippen molar-refractivity contribution in [1.82, 2.24) is 9.47 Å².